The van der Waals surface area contributed by atoms with E-state index in [4.69, 9.17) is 5.73 Å². The second kappa shape index (κ2) is 4.00. The van der Waals surface area contributed by atoms with Crippen LogP contribution in [0.1, 0.15) is 0 Å². The number of hydrogen-bond donors (Lipinski definition) is 1. The molecule has 2 N–H and O–H groups in total. The van der Waals surface area contributed by atoms with Crippen LogP contribution in [0.2, 0.25) is 0 Å². The van der Waals surface area contributed by atoms with Crippen LogP contribution in [0.25, 0.3) is 0 Å². The summed E-state index contributed by atoms with van der Waals surface area (Å²) in [6.07, 6.45) is 0. The number of benzene rings is 2. The van der Waals surface area contributed by atoms with Crippen molar-refractivity contribution in [2.24, 2.45) is 0 Å². The number of nitrogens with two attached hydrogens (primary N) is 1. The lowest BCUT2D eigenvalue weighted by Gasteiger charge is -2.13. The van der Waals surface area contributed by atoms with Crippen molar-refractivity contribution in [2.75, 3.05) is 10.9 Å². The predicted octanol–water partition coefficient (Wildman–Crippen LogP) is 3.29. The first-order valence-corrected chi connectivity index (χ1v) is 4.64. The average Bonchev–Trinajstić information content (AvgIpc) is 2.29. The second-order valence-corrected chi connectivity index (χ2v) is 3.21. The van der Waals surface area contributed by atoms with Gasteiger partial charge in [-0.05, 0) is 30.3 Å². The van der Waals surface area contributed by atoms with Crippen LogP contribution in [-0.2, 0) is 0 Å². The Hall–Kier alpha value is -2.03. The van der Waals surface area contributed by atoms with E-state index in [0.29, 0.717) is 22.2 Å². The minimum absolute atomic E-state index is 0.432. The minimum atomic E-state index is 0.432. The summed E-state index contributed by atoms with van der Waals surface area (Å²) in [5, 5.41) is 0.607. The SMILES string of the molecule is Nc1cccc(N(F)c2ccccc2)c1. The zero-order valence-electron chi connectivity index (χ0n) is 8.10. The molecule has 0 heterocycles. The molecule has 0 atom stereocenters. The fourth-order valence-electron chi connectivity index (χ4n) is 1.35. The molecule has 0 saturated heterocycles. The topological polar surface area (TPSA) is 29.3 Å². The van der Waals surface area contributed by atoms with Crippen molar-refractivity contribution in [2.45, 2.75) is 0 Å². The summed E-state index contributed by atoms with van der Waals surface area (Å²) in [4.78, 5) is 0. The van der Waals surface area contributed by atoms with E-state index < -0.39 is 0 Å². The summed E-state index contributed by atoms with van der Waals surface area (Å²) >= 11 is 0. The third-order valence-corrected chi connectivity index (χ3v) is 2.08. The zero-order chi connectivity index (χ0) is 10.7. The highest BCUT2D eigenvalue weighted by Crippen LogP contribution is 2.26. The van der Waals surface area contributed by atoms with Gasteiger partial charge in [-0.15, -0.1) is 0 Å². The number of halogens is 1. The molecule has 0 aliphatic rings. The summed E-state index contributed by atoms with van der Waals surface area (Å²) in [6, 6.07) is 15.5. The Bertz CT molecular complexity index is 442. The smallest absolute Gasteiger partial charge is 0.0767 e. The van der Waals surface area contributed by atoms with E-state index in [1.165, 1.54) is 0 Å². The number of anilines is 3. The average molecular weight is 202 g/mol. The molecule has 2 aromatic rings. The van der Waals surface area contributed by atoms with Crippen molar-refractivity contribution in [3.05, 3.63) is 54.6 Å². The highest BCUT2D eigenvalue weighted by atomic mass is 19.2. The number of nitrogen functional groups attached to an aromatic ring is 1. The van der Waals surface area contributed by atoms with Gasteiger partial charge in [-0.1, -0.05) is 28.7 Å². The number of rotatable bonds is 2. The van der Waals surface area contributed by atoms with Gasteiger partial charge in [0.1, 0.15) is 0 Å². The van der Waals surface area contributed by atoms with Gasteiger partial charge in [-0.3, -0.25) is 0 Å². The van der Waals surface area contributed by atoms with Crippen LogP contribution < -0.4 is 10.9 Å². The normalized spacial score (nSPS) is 9.93. The molecular weight excluding hydrogens is 191 g/mol. The zero-order valence-corrected chi connectivity index (χ0v) is 8.10. The molecular formula is C12H11FN2. The first-order valence-electron chi connectivity index (χ1n) is 4.64. The van der Waals surface area contributed by atoms with Gasteiger partial charge in [0, 0.05) is 5.69 Å². The Morgan fingerprint density at radius 1 is 0.867 bits per heavy atom. The van der Waals surface area contributed by atoms with Crippen molar-refractivity contribution >= 4 is 17.1 Å². The summed E-state index contributed by atoms with van der Waals surface area (Å²) in [5.41, 5.74) is 7.05. The number of nitrogens with zero attached hydrogens (tertiary/aromatic N) is 1. The third kappa shape index (κ3) is 2.07. The molecule has 0 aliphatic heterocycles. The van der Waals surface area contributed by atoms with Crippen LogP contribution in [0, 0.1) is 0 Å². The van der Waals surface area contributed by atoms with Gasteiger partial charge in [0.25, 0.3) is 0 Å². The Labute approximate surface area is 87.7 Å². The molecule has 0 aromatic heterocycles. The van der Waals surface area contributed by atoms with Crippen molar-refractivity contribution in [3.8, 4) is 0 Å². The second-order valence-electron chi connectivity index (χ2n) is 3.21. The largest absolute Gasteiger partial charge is 0.399 e. The van der Waals surface area contributed by atoms with Gasteiger partial charge in [-0.25, -0.2) is 0 Å². The molecule has 76 valence electrons. The van der Waals surface area contributed by atoms with Crippen LogP contribution in [-0.4, -0.2) is 0 Å². The fraction of sp³-hybridized carbons (Fsp3) is 0. The van der Waals surface area contributed by atoms with Crippen molar-refractivity contribution < 1.29 is 4.48 Å². The molecule has 2 aromatic carbocycles. The highest BCUT2D eigenvalue weighted by Gasteiger charge is 2.06. The van der Waals surface area contributed by atoms with Gasteiger partial charge in [0.2, 0.25) is 0 Å². The van der Waals surface area contributed by atoms with Crippen molar-refractivity contribution in [3.63, 3.8) is 0 Å². The van der Waals surface area contributed by atoms with Crippen molar-refractivity contribution in [1.29, 1.82) is 0 Å². The van der Waals surface area contributed by atoms with Crippen LogP contribution in [0.4, 0.5) is 21.5 Å². The summed E-state index contributed by atoms with van der Waals surface area (Å²) in [7, 11) is 0. The van der Waals surface area contributed by atoms with Gasteiger partial charge in [0.15, 0.2) is 0 Å². The summed E-state index contributed by atoms with van der Waals surface area (Å²) < 4.78 is 13.8. The monoisotopic (exact) mass is 202 g/mol. The molecule has 0 fully saturated rings. The van der Waals surface area contributed by atoms with E-state index >= 15 is 0 Å². The molecule has 0 bridgehead atoms. The maximum absolute atomic E-state index is 13.8. The molecule has 15 heavy (non-hydrogen) atoms. The van der Waals surface area contributed by atoms with Crippen LogP contribution in [0.15, 0.2) is 54.6 Å². The molecule has 0 unspecified atom stereocenters. The maximum Gasteiger partial charge on any atom is 0.0767 e. The maximum atomic E-state index is 13.8. The Morgan fingerprint density at radius 2 is 1.53 bits per heavy atom. The Balaban J connectivity index is 2.32. The molecule has 2 rings (SSSR count). The number of hydrogen-bond acceptors (Lipinski definition) is 2. The number of para-hydroxylation sites is 1. The first-order chi connectivity index (χ1) is 7.27. The van der Waals surface area contributed by atoms with E-state index in [1.807, 2.05) is 6.07 Å². The molecule has 3 heteroatoms. The quantitative estimate of drug-likeness (QED) is 0.598. The van der Waals surface area contributed by atoms with E-state index in [-0.39, 0.29) is 0 Å². The predicted molar refractivity (Wildman–Crippen MR) is 60.5 cm³/mol. The fourth-order valence-corrected chi connectivity index (χ4v) is 1.35. The molecule has 0 saturated carbocycles. The van der Waals surface area contributed by atoms with Gasteiger partial charge in [0.05, 0.1) is 11.4 Å². The highest BCUT2D eigenvalue weighted by molar-refractivity contribution is 5.63. The molecule has 0 radical (unpaired) electrons. The van der Waals surface area contributed by atoms with Gasteiger partial charge >= 0.3 is 0 Å². The lowest BCUT2D eigenvalue weighted by atomic mass is 10.2. The van der Waals surface area contributed by atoms with E-state index in [0.717, 1.165) is 0 Å². The lowest BCUT2D eigenvalue weighted by Crippen LogP contribution is -2.03. The molecule has 0 spiro atoms. The van der Waals surface area contributed by atoms with E-state index in [1.54, 1.807) is 48.5 Å². The van der Waals surface area contributed by atoms with Crippen LogP contribution >= 0.6 is 0 Å². The first kappa shape index (κ1) is 9.52. The molecule has 0 aliphatic carbocycles. The van der Waals surface area contributed by atoms with E-state index in [2.05, 4.69) is 0 Å². The summed E-state index contributed by atoms with van der Waals surface area (Å²) in [6.45, 7) is 0. The standard InChI is InChI=1S/C12H11FN2/c13-15(11-6-2-1-3-7-11)12-8-4-5-10(14)9-12/h1-9H,14H2. The Kier molecular flexibility index (Phi) is 2.54. The van der Waals surface area contributed by atoms with Crippen LogP contribution in [0.3, 0.4) is 0 Å². The van der Waals surface area contributed by atoms with E-state index in [9.17, 15) is 4.48 Å². The minimum Gasteiger partial charge on any atom is -0.399 e. The van der Waals surface area contributed by atoms with Gasteiger partial charge in [-0.2, -0.15) is 5.12 Å². The Morgan fingerprint density at radius 3 is 2.20 bits per heavy atom. The van der Waals surface area contributed by atoms with Crippen molar-refractivity contribution in [1.82, 2.24) is 0 Å². The molecule has 0 amide bonds. The van der Waals surface area contributed by atoms with Gasteiger partial charge < -0.3 is 5.73 Å². The molecule has 2 nitrogen and oxygen atoms in total. The lowest BCUT2D eigenvalue weighted by molar-refractivity contribution is 0.505. The summed E-state index contributed by atoms with van der Waals surface area (Å²) in [5.74, 6) is 0. The van der Waals surface area contributed by atoms with Crippen LogP contribution in [0.5, 0.6) is 0 Å². The third-order valence-electron chi connectivity index (χ3n) is 2.08.